The van der Waals surface area contributed by atoms with Crippen molar-refractivity contribution >= 4 is 40.0 Å². The highest BCUT2D eigenvalue weighted by Gasteiger charge is 2.03. The van der Waals surface area contributed by atoms with E-state index in [1.54, 1.807) is 35.4 Å². The predicted octanol–water partition coefficient (Wildman–Crippen LogP) is 2.95. The molecule has 0 aliphatic rings. The average molecular weight is 374 g/mol. The number of amides is 1. The van der Waals surface area contributed by atoms with Crippen molar-refractivity contribution in [2.75, 3.05) is 24.3 Å². The third kappa shape index (κ3) is 7.61. The molecule has 0 heterocycles. The second-order valence-electron chi connectivity index (χ2n) is 3.91. The first-order valence-corrected chi connectivity index (χ1v) is 7.79. The molecular formula is C14H19IN2O2. The zero-order chi connectivity index (χ0) is 14.8. The first kappa shape index (κ1) is 17.6. The average Bonchev–Trinajstić information content (AvgIpc) is 2.38. The second-order valence-corrected chi connectivity index (χ2v) is 3.91. The maximum atomic E-state index is 11.8. The molecule has 1 N–H and O–H groups in total. The Balaban J connectivity index is 0.00000154. The van der Waals surface area contributed by atoms with E-state index in [4.69, 9.17) is 0 Å². The van der Waals surface area contributed by atoms with Gasteiger partial charge in [0.2, 0.25) is 5.91 Å². The van der Waals surface area contributed by atoms with Crippen molar-refractivity contribution in [3.63, 3.8) is 0 Å². The molecule has 0 aromatic heterocycles. The molecule has 0 fully saturated rings. The molecule has 0 unspecified atom stereocenters. The number of hydrogen-bond acceptors (Lipinski definition) is 3. The van der Waals surface area contributed by atoms with Crippen molar-refractivity contribution in [2.24, 2.45) is 0 Å². The van der Waals surface area contributed by atoms with Gasteiger partial charge in [0.25, 0.3) is 0 Å². The minimum absolute atomic E-state index is 0.0918. The van der Waals surface area contributed by atoms with Gasteiger partial charge in [0.05, 0.1) is 0 Å². The van der Waals surface area contributed by atoms with E-state index in [1.165, 1.54) is 13.0 Å². The van der Waals surface area contributed by atoms with Crippen molar-refractivity contribution < 1.29 is 9.59 Å². The van der Waals surface area contributed by atoms with E-state index in [-0.39, 0.29) is 11.7 Å². The Morgan fingerprint density at radius 2 is 1.89 bits per heavy atom. The van der Waals surface area contributed by atoms with Crippen LogP contribution in [0.25, 0.3) is 0 Å². The summed E-state index contributed by atoms with van der Waals surface area (Å²) in [6.45, 7) is 1.43. The monoisotopic (exact) mass is 374 g/mol. The zero-order valence-electron chi connectivity index (χ0n) is 11.6. The van der Waals surface area contributed by atoms with Gasteiger partial charge in [-0.1, -0.05) is 34.7 Å². The highest BCUT2D eigenvalue weighted by Crippen LogP contribution is 2.11. The molecule has 0 aliphatic heterocycles. The molecule has 0 spiro atoms. The molecule has 1 rings (SSSR count). The van der Waals surface area contributed by atoms with Crippen LogP contribution >= 0.6 is 22.6 Å². The Morgan fingerprint density at radius 3 is 2.42 bits per heavy atom. The van der Waals surface area contributed by atoms with Crippen LogP contribution in [-0.2, 0) is 4.79 Å². The number of nitrogens with zero attached hydrogens (tertiary/aromatic N) is 1. The van der Waals surface area contributed by atoms with Crippen LogP contribution in [0.5, 0.6) is 0 Å². The normalized spacial score (nSPS) is 9.53. The van der Waals surface area contributed by atoms with Crippen molar-refractivity contribution in [1.82, 2.24) is 4.90 Å². The number of rotatable bonds is 4. The largest absolute Gasteiger partial charge is 0.383 e. The van der Waals surface area contributed by atoms with Gasteiger partial charge in [-0.25, -0.2) is 0 Å². The quantitative estimate of drug-likeness (QED) is 0.382. The number of anilines is 1. The van der Waals surface area contributed by atoms with Crippen molar-refractivity contribution in [2.45, 2.75) is 6.92 Å². The molecule has 0 saturated carbocycles. The van der Waals surface area contributed by atoms with Gasteiger partial charge >= 0.3 is 0 Å². The van der Waals surface area contributed by atoms with Crippen LogP contribution < -0.4 is 5.32 Å². The van der Waals surface area contributed by atoms with Crippen molar-refractivity contribution in [1.29, 1.82) is 0 Å². The van der Waals surface area contributed by atoms with Crippen LogP contribution in [-0.4, -0.2) is 35.6 Å². The molecule has 104 valence electrons. The fourth-order valence-electron chi connectivity index (χ4n) is 1.27. The van der Waals surface area contributed by atoms with Crippen LogP contribution in [0.4, 0.5) is 5.69 Å². The van der Waals surface area contributed by atoms with Crippen molar-refractivity contribution in [3.05, 3.63) is 42.1 Å². The molecule has 1 aromatic carbocycles. The highest BCUT2D eigenvalue weighted by molar-refractivity contribution is 14.1. The molecule has 19 heavy (non-hydrogen) atoms. The number of halogens is 1. The van der Waals surface area contributed by atoms with Gasteiger partial charge in [-0.2, -0.15) is 0 Å². The first-order valence-electron chi connectivity index (χ1n) is 5.63. The van der Waals surface area contributed by atoms with Gasteiger partial charge in [0, 0.05) is 44.5 Å². The molecular weight excluding hydrogens is 355 g/mol. The minimum atomic E-state index is -0.154. The number of hydrogen-bond donors (Lipinski definition) is 1. The smallest absolute Gasteiger partial charge is 0.221 e. The highest BCUT2D eigenvalue weighted by atomic mass is 127. The Kier molecular flexibility index (Phi) is 8.86. The summed E-state index contributed by atoms with van der Waals surface area (Å²) in [7, 11) is 3.69. The number of allylic oxidation sites excluding steroid dienone is 1. The van der Waals surface area contributed by atoms with E-state index in [9.17, 15) is 9.59 Å². The summed E-state index contributed by atoms with van der Waals surface area (Å²) >= 11 is 2.15. The molecule has 5 heteroatoms. The fourth-order valence-corrected chi connectivity index (χ4v) is 1.27. The number of carbonyl (C=O) groups is 2. The lowest BCUT2D eigenvalue weighted by Crippen LogP contribution is -2.07. The van der Waals surface area contributed by atoms with E-state index in [0.717, 1.165) is 0 Å². The summed E-state index contributed by atoms with van der Waals surface area (Å²) in [5, 5.41) is 2.64. The molecule has 0 saturated heterocycles. The SMILES string of the molecule is CC(=O)Nc1cccc(C(=O)/C=C\N(C)C)c1.CI. The van der Waals surface area contributed by atoms with Crippen LogP contribution in [0, 0.1) is 0 Å². The zero-order valence-corrected chi connectivity index (χ0v) is 13.8. The molecule has 0 radical (unpaired) electrons. The Bertz CT molecular complexity index is 457. The van der Waals surface area contributed by atoms with Gasteiger partial charge in [-0.3, -0.25) is 9.59 Å². The van der Waals surface area contributed by atoms with Gasteiger partial charge in [-0.15, -0.1) is 0 Å². The molecule has 1 amide bonds. The summed E-state index contributed by atoms with van der Waals surface area (Å²) in [6, 6.07) is 6.85. The lowest BCUT2D eigenvalue weighted by Gasteiger charge is -2.05. The molecule has 0 atom stereocenters. The van der Waals surface area contributed by atoms with Gasteiger partial charge in [0.15, 0.2) is 5.78 Å². The van der Waals surface area contributed by atoms with E-state index in [2.05, 4.69) is 27.9 Å². The van der Waals surface area contributed by atoms with Gasteiger partial charge in [-0.05, 0) is 17.1 Å². The van der Waals surface area contributed by atoms with Crippen LogP contribution in [0.2, 0.25) is 0 Å². The summed E-state index contributed by atoms with van der Waals surface area (Å²) in [6.07, 6.45) is 3.18. The van der Waals surface area contributed by atoms with Gasteiger partial charge < -0.3 is 10.2 Å². The standard InChI is InChI=1S/C13H16N2O2.CH3I/c1-10(16)14-12-6-4-5-11(9-12)13(17)7-8-15(2)3;1-2/h4-9H,1-3H3,(H,14,16);1H3/b8-7-;. The molecule has 0 aliphatic carbocycles. The number of benzene rings is 1. The third-order valence-corrected chi connectivity index (χ3v) is 1.99. The number of alkyl halides is 1. The number of ketones is 1. The minimum Gasteiger partial charge on any atom is -0.383 e. The Hall–Kier alpha value is -1.37. The maximum absolute atomic E-state index is 11.8. The molecule has 4 nitrogen and oxygen atoms in total. The van der Waals surface area contributed by atoms with Gasteiger partial charge in [0.1, 0.15) is 0 Å². The number of nitrogens with one attached hydrogen (secondary N) is 1. The number of carbonyl (C=O) groups excluding carboxylic acids is 2. The first-order chi connectivity index (χ1) is 8.99. The summed E-state index contributed by atoms with van der Waals surface area (Å²) < 4.78 is 0. The third-order valence-electron chi connectivity index (χ3n) is 1.99. The van der Waals surface area contributed by atoms with Crippen LogP contribution in [0.15, 0.2) is 36.5 Å². The lowest BCUT2D eigenvalue weighted by atomic mass is 10.1. The molecule has 1 aromatic rings. The second kappa shape index (κ2) is 9.55. The van der Waals surface area contributed by atoms with Crippen molar-refractivity contribution in [3.8, 4) is 0 Å². The lowest BCUT2D eigenvalue weighted by molar-refractivity contribution is -0.114. The topological polar surface area (TPSA) is 49.4 Å². The van der Waals surface area contributed by atoms with E-state index < -0.39 is 0 Å². The van der Waals surface area contributed by atoms with E-state index in [0.29, 0.717) is 11.3 Å². The predicted molar refractivity (Wildman–Crippen MR) is 87.8 cm³/mol. The summed E-state index contributed by atoms with van der Waals surface area (Å²) in [5.74, 6) is -0.246. The Labute approximate surface area is 128 Å². The maximum Gasteiger partial charge on any atom is 0.221 e. The summed E-state index contributed by atoms with van der Waals surface area (Å²) in [5.41, 5.74) is 1.18. The summed E-state index contributed by atoms with van der Waals surface area (Å²) in [4.78, 5) is 26.4. The van der Waals surface area contributed by atoms with Crippen LogP contribution in [0.1, 0.15) is 17.3 Å². The molecule has 0 bridgehead atoms. The Morgan fingerprint density at radius 1 is 1.26 bits per heavy atom. The van der Waals surface area contributed by atoms with E-state index >= 15 is 0 Å². The fraction of sp³-hybridized carbons (Fsp3) is 0.286. The van der Waals surface area contributed by atoms with Crippen LogP contribution in [0.3, 0.4) is 0 Å². The van der Waals surface area contributed by atoms with E-state index in [1.807, 2.05) is 19.0 Å².